The number of hydrogen-bond donors (Lipinski definition) is 0. The highest BCUT2D eigenvalue weighted by molar-refractivity contribution is 5.97. The number of carbonyl (C=O) groups is 1. The number of aromatic nitrogens is 1. The summed E-state index contributed by atoms with van der Waals surface area (Å²) in [5.74, 6) is 1.31. The maximum absolute atomic E-state index is 13.6. The number of halogens is 1. The first-order chi connectivity index (χ1) is 19.5. The number of fused-ring (bicyclic) bond motifs is 1. The number of pyridine rings is 1. The molecule has 0 unspecified atom stereocenters. The van der Waals surface area contributed by atoms with Gasteiger partial charge in [0.2, 0.25) is 0 Å². The SMILES string of the molecule is COc1cc(C(=O)N2CC[C@H](F)C2)ccc1-c1cc2nccc(-c3ccc(OC4CCOCC4)c(C#N)c3)c2o1. The summed E-state index contributed by atoms with van der Waals surface area (Å²) in [4.78, 5) is 18.9. The summed E-state index contributed by atoms with van der Waals surface area (Å²) in [6.45, 7) is 1.82. The number of alkyl halides is 1. The number of hydrogen-bond acceptors (Lipinski definition) is 7. The fourth-order valence-corrected chi connectivity index (χ4v) is 5.27. The van der Waals surface area contributed by atoms with Crippen LogP contribution in [0.5, 0.6) is 11.5 Å². The fourth-order valence-electron chi connectivity index (χ4n) is 5.27. The molecular weight excluding hydrogens is 513 g/mol. The monoisotopic (exact) mass is 541 g/mol. The van der Waals surface area contributed by atoms with Crippen LogP contribution in [0.25, 0.3) is 33.6 Å². The summed E-state index contributed by atoms with van der Waals surface area (Å²) in [7, 11) is 1.53. The number of carbonyl (C=O) groups excluding carboxylic acids is 1. The highest BCUT2D eigenvalue weighted by Gasteiger charge is 2.27. The molecule has 1 amide bonds. The van der Waals surface area contributed by atoms with Crippen molar-refractivity contribution in [1.82, 2.24) is 9.88 Å². The number of nitriles is 1. The van der Waals surface area contributed by atoms with Gasteiger partial charge in [-0.1, -0.05) is 6.07 Å². The molecule has 6 rings (SSSR count). The minimum atomic E-state index is -0.984. The number of methoxy groups -OCH3 is 1. The van der Waals surface area contributed by atoms with Crippen molar-refractivity contribution in [3.8, 4) is 40.0 Å². The Balaban J connectivity index is 1.31. The first kappa shape index (κ1) is 25.8. The molecule has 40 heavy (non-hydrogen) atoms. The van der Waals surface area contributed by atoms with E-state index >= 15 is 0 Å². The summed E-state index contributed by atoms with van der Waals surface area (Å²) >= 11 is 0. The average molecular weight is 542 g/mol. The summed E-state index contributed by atoms with van der Waals surface area (Å²) in [6, 6.07) is 16.6. The number of amides is 1. The van der Waals surface area contributed by atoms with Crippen molar-refractivity contribution in [2.45, 2.75) is 31.5 Å². The molecule has 9 heteroatoms. The van der Waals surface area contributed by atoms with Crippen molar-refractivity contribution >= 4 is 17.0 Å². The Hall–Kier alpha value is -4.42. The Morgan fingerprint density at radius 1 is 1.07 bits per heavy atom. The van der Waals surface area contributed by atoms with Crippen LogP contribution in [0.4, 0.5) is 4.39 Å². The molecule has 0 bridgehead atoms. The van der Waals surface area contributed by atoms with Crippen LogP contribution in [0.3, 0.4) is 0 Å². The van der Waals surface area contributed by atoms with E-state index in [4.69, 9.17) is 18.6 Å². The maximum atomic E-state index is 13.6. The predicted molar refractivity (Wildman–Crippen MR) is 146 cm³/mol. The van der Waals surface area contributed by atoms with Crippen LogP contribution in [-0.2, 0) is 4.74 Å². The van der Waals surface area contributed by atoms with Gasteiger partial charge < -0.3 is 23.5 Å². The van der Waals surface area contributed by atoms with Gasteiger partial charge in [0, 0.05) is 42.8 Å². The van der Waals surface area contributed by atoms with Gasteiger partial charge in [0.1, 0.15) is 41.1 Å². The molecule has 0 aliphatic carbocycles. The van der Waals surface area contributed by atoms with Crippen LogP contribution >= 0.6 is 0 Å². The quantitative estimate of drug-likeness (QED) is 0.305. The largest absolute Gasteiger partial charge is 0.496 e. The zero-order valence-electron chi connectivity index (χ0n) is 22.1. The Bertz CT molecular complexity index is 1600. The van der Waals surface area contributed by atoms with Gasteiger partial charge in [-0.25, -0.2) is 4.39 Å². The lowest BCUT2D eigenvalue weighted by atomic mass is 10.0. The molecule has 4 aromatic rings. The molecule has 2 aromatic carbocycles. The summed E-state index contributed by atoms with van der Waals surface area (Å²) in [5, 5.41) is 9.84. The minimum Gasteiger partial charge on any atom is -0.496 e. The highest BCUT2D eigenvalue weighted by Crippen LogP contribution is 2.38. The number of likely N-dealkylation sites (tertiary alicyclic amines) is 1. The number of nitrogens with zero attached hydrogens (tertiary/aromatic N) is 3. The second-order valence-electron chi connectivity index (χ2n) is 9.99. The van der Waals surface area contributed by atoms with Crippen molar-refractivity contribution in [3.63, 3.8) is 0 Å². The summed E-state index contributed by atoms with van der Waals surface area (Å²) in [6.07, 6.45) is 2.69. The molecule has 2 aliphatic heterocycles. The van der Waals surface area contributed by atoms with Crippen LogP contribution in [0, 0.1) is 11.3 Å². The Morgan fingerprint density at radius 2 is 1.93 bits per heavy atom. The lowest BCUT2D eigenvalue weighted by Crippen LogP contribution is -2.28. The highest BCUT2D eigenvalue weighted by atomic mass is 19.1. The summed E-state index contributed by atoms with van der Waals surface area (Å²) < 4.78 is 37.1. The van der Waals surface area contributed by atoms with E-state index in [0.717, 1.165) is 24.0 Å². The van der Waals surface area contributed by atoms with E-state index < -0.39 is 6.17 Å². The normalized spacial score (nSPS) is 17.6. The maximum Gasteiger partial charge on any atom is 0.254 e. The van der Waals surface area contributed by atoms with Crippen LogP contribution in [0.15, 0.2) is 59.1 Å². The molecule has 0 saturated carbocycles. The number of benzene rings is 2. The molecule has 2 fully saturated rings. The average Bonchev–Trinajstić information content (AvgIpc) is 3.63. The minimum absolute atomic E-state index is 0.0274. The van der Waals surface area contributed by atoms with Crippen molar-refractivity contribution in [2.75, 3.05) is 33.4 Å². The van der Waals surface area contributed by atoms with Crippen molar-refractivity contribution in [1.29, 1.82) is 5.26 Å². The molecule has 4 heterocycles. The van der Waals surface area contributed by atoms with E-state index in [9.17, 15) is 14.4 Å². The van der Waals surface area contributed by atoms with E-state index in [-0.39, 0.29) is 18.6 Å². The van der Waals surface area contributed by atoms with Crippen LogP contribution < -0.4 is 9.47 Å². The molecule has 8 nitrogen and oxygen atoms in total. The second-order valence-corrected chi connectivity index (χ2v) is 9.99. The van der Waals surface area contributed by atoms with Gasteiger partial charge in [-0.3, -0.25) is 9.78 Å². The lowest BCUT2D eigenvalue weighted by molar-refractivity contribution is 0.0254. The third kappa shape index (κ3) is 4.98. The van der Waals surface area contributed by atoms with Gasteiger partial charge >= 0.3 is 0 Å². The Kier molecular flexibility index (Phi) is 7.10. The fraction of sp³-hybridized carbons (Fsp3) is 0.323. The molecule has 2 aromatic heterocycles. The zero-order valence-corrected chi connectivity index (χ0v) is 22.1. The zero-order chi connectivity index (χ0) is 27.6. The van der Waals surface area contributed by atoms with Crippen LogP contribution in [-0.4, -0.2) is 61.5 Å². The van der Waals surface area contributed by atoms with Gasteiger partial charge in [0.05, 0.1) is 38.0 Å². The Morgan fingerprint density at radius 3 is 2.67 bits per heavy atom. The topological polar surface area (TPSA) is 97.8 Å². The van der Waals surface area contributed by atoms with E-state index in [1.807, 2.05) is 24.3 Å². The summed E-state index contributed by atoms with van der Waals surface area (Å²) in [5.41, 5.74) is 4.32. The first-order valence-corrected chi connectivity index (χ1v) is 13.3. The van der Waals surface area contributed by atoms with E-state index in [0.29, 0.717) is 71.2 Å². The van der Waals surface area contributed by atoms with E-state index in [2.05, 4.69) is 11.1 Å². The van der Waals surface area contributed by atoms with Gasteiger partial charge in [0.25, 0.3) is 5.91 Å². The molecule has 2 aliphatic rings. The van der Waals surface area contributed by atoms with Crippen molar-refractivity contribution in [2.24, 2.45) is 0 Å². The number of rotatable bonds is 6. The van der Waals surface area contributed by atoms with E-state index in [1.54, 1.807) is 30.5 Å². The van der Waals surface area contributed by atoms with Crippen molar-refractivity contribution in [3.05, 3.63) is 65.9 Å². The number of ether oxygens (including phenoxy) is 3. The molecule has 0 N–H and O–H groups in total. The third-order valence-corrected chi connectivity index (χ3v) is 7.42. The number of furan rings is 1. The van der Waals surface area contributed by atoms with E-state index in [1.165, 1.54) is 12.0 Å². The van der Waals surface area contributed by atoms with Gasteiger partial charge in [-0.15, -0.1) is 0 Å². The Labute approximate surface area is 230 Å². The molecular formula is C31H28FN3O5. The van der Waals surface area contributed by atoms with Crippen molar-refractivity contribution < 1.29 is 27.8 Å². The predicted octanol–water partition coefficient (Wildman–Crippen LogP) is 5.78. The standard InChI is InChI=1S/C31H28FN3O5/c1-37-28-15-20(31(36)35-11-7-22(32)18-35)2-4-25(28)29-16-26-30(40-29)24(6-10-34-26)19-3-5-27(21(14-19)17-33)39-23-8-12-38-13-9-23/h2-6,10,14-16,22-23H,7-9,11-13,18H2,1H3/t22-/m0/s1. The molecule has 0 spiro atoms. The lowest BCUT2D eigenvalue weighted by Gasteiger charge is -2.23. The second kappa shape index (κ2) is 11.0. The van der Waals surface area contributed by atoms with Gasteiger partial charge in [0.15, 0.2) is 5.58 Å². The molecule has 1 atom stereocenters. The first-order valence-electron chi connectivity index (χ1n) is 13.3. The molecule has 2 saturated heterocycles. The van der Waals surface area contributed by atoms with Gasteiger partial charge in [-0.2, -0.15) is 5.26 Å². The molecule has 0 radical (unpaired) electrons. The van der Waals surface area contributed by atoms with Crippen LogP contribution in [0.2, 0.25) is 0 Å². The van der Waals surface area contributed by atoms with Crippen LogP contribution in [0.1, 0.15) is 35.2 Å². The smallest absolute Gasteiger partial charge is 0.254 e. The third-order valence-electron chi connectivity index (χ3n) is 7.42. The molecule has 204 valence electrons. The van der Waals surface area contributed by atoms with Gasteiger partial charge in [-0.05, 0) is 48.4 Å².